The van der Waals surface area contributed by atoms with E-state index in [2.05, 4.69) is 41.0 Å². The second-order valence-corrected chi connectivity index (χ2v) is 5.32. The summed E-state index contributed by atoms with van der Waals surface area (Å²) < 4.78 is 0. The first-order valence-electron chi connectivity index (χ1n) is 7.22. The molecule has 106 valence electrons. The van der Waals surface area contributed by atoms with Crippen molar-refractivity contribution in [2.24, 2.45) is 0 Å². The van der Waals surface area contributed by atoms with Gasteiger partial charge in [-0.15, -0.1) is 0 Å². The first-order chi connectivity index (χ1) is 9.12. The second-order valence-electron chi connectivity index (χ2n) is 5.32. The Hall–Kier alpha value is -1.36. The van der Waals surface area contributed by atoms with Crippen molar-refractivity contribution in [3.05, 3.63) is 22.2 Å². The van der Waals surface area contributed by atoms with Gasteiger partial charge in [0, 0.05) is 24.6 Å². The fraction of sp³-hybridized carbons (Fsp3) is 0.714. The number of aromatic amines is 1. The zero-order valence-corrected chi connectivity index (χ0v) is 12.1. The number of anilines is 1. The van der Waals surface area contributed by atoms with Crippen LogP contribution in [-0.2, 0) is 0 Å². The quantitative estimate of drug-likeness (QED) is 0.788. The molecule has 1 aromatic heterocycles. The lowest BCUT2D eigenvalue weighted by Gasteiger charge is -2.23. The highest BCUT2D eigenvalue weighted by molar-refractivity contribution is 5.35. The monoisotopic (exact) mass is 264 g/mol. The largest absolute Gasteiger partial charge is 0.366 e. The number of H-pyrrole nitrogens is 1. The summed E-state index contributed by atoms with van der Waals surface area (Å²) in [5.74, 6) is 2.00. The summed E-state index contributed by atoms with van der Waals surface area (Å²) in [6.07, 6.45) is 2.28. The Labute approximate surface area is 114 Å². The van der Waals surface area contributed by atoms with E-state index in [1.54, 1.807) is 6.07 Å². The van der Waals surface area contributed by atoms with Crippen LogP contribution in [0.15, 0.2) is 10.9 Å². The van der Waals surface area contributed by atoms with Crippen molar-refractivity contribution in [2.45, 2.75) is 45.6 Å². The molecule has 0 amide bonds. The number of nitrogens with zero attached hydrogens (tertiary/aromatic N) is 2. The molecule has 1 atom stereocenters. The molecule has 5 nitrogen and oxygen atoms in total. The van der Waals surface area contributed by atoms with Gasteiger partial charge in [0.2, 0.25) is 0 Å². The van der Waals surface area contributed by atoms with Crippen LogP contribution in [0.2, 0.25) is 0 Å². The van der Waals surface area contributed by atoms with Crippen LogP contribution in [0, 0.1) is 0 Å². The molecule has 1 saturated carbocycles. The third-order valence-corrected chi connectivity index (χ3v) is 3.54. The van der Waals surface area contributed by atoms with Crippen LogP contribution in [-0.4, -0.2) is 40.5 Å². The molecule has 0 aromatic carbocycles. The van der Waals surface area contributed by atoms with Gasteiger partial charge in [-0.3, -0.25) is 4.79 Å². The number of hydrogen-bond acceptors (Lipinski definition) is 4. The van der Waals surface area contributed by atoms with Gasteiger partial charge in [-0.25, -0.2) is 4.98 Å². The Bertz CT molecular complexity index is 463. The minimum Gasteiger partial charge on any atom is -0.366 e. The first kappa shape index (κ1) is 14.1. The molecular weight excluding hydrogens is 240 g/mol. The molecule has 0 bridgehead atoms. The third kappa shape index (κ3) is 4.06. The predicted molar refractivity (Wildman–Crippen MR) is 77.7 cm³/mol. The summed E-state index contributed by atoms with van der Waals surface area (Å²) >= 11 is 0. The van der Waals surface area contributed by atoms with E-state index in [9.17, 15) is 4.79 Å². The molecule has 2 rings (SSSR count). The maximum Gasteiger partial charge on any atom is 0.252 e. The van der Waals surface area contributed by atoms with Gasteiger partial charge < -0.3 is 15.2 Å². The minimum atomic E-state index is -0.0607. The standard InChI is InChI=1S/C14H24N4O/c1-4-18(5-2)9-10(3)15-12-8-13(19)17-14(16-12)11-6-7-11/h8,10-11H,4-7,9H2,1-3H3,(H2,15,16,17,19). The van der Waals surface area contributed by atoms with Gasteiger partial charge in [0.1, 0.15) is 11.6 Å². The zero-order chi connectivity index (χ0) is 13.8. The van der Waals surface area contributed by atoms with Crippen LogP contribution in [0.4, 0.5) is 5.82 Å². The van der Waals surface area contributed by atoms with E-state index in [0.717, 1.165) is 38.3 Å². The van der Waals surface area contributed by atoms with Crippen LogP contribution in [0.25, 0.3) is 0 Å². The molecule has 0 saturated heterocycles. The Kier molecular flexibility index (Phi) is 4.58. The fourth-order valence-corrected chi connectivity index (χ4v) is 2.27. The number of likely N-dealkylation sites (N-methyl/N-ethyl adjacent to an activating group) is 1. The summed E-state index contributed by atoms with van der Waals surface area (Å²) in [7, 11) is 0. The first-order valence-corrected chi connectivity index (χ1v) is 7.22. The normalized spacial score (nSPS) is 16.6. The summed E-state index contributed by atoms with van der Waals surface area (Å²) in [6.45, 7) is 9.48. The summed E-state index contributed by atoms with van der Waals surface area (Å²) in [4.78, 5) is 21.3. The number of aromatic nitrogens is 2. The molecule has 1 aliphatic rings. The van der Waals surface area contributed by atoms with E-state index < -0.39 is 0 Å². The summed E-state index contributed by atoms with van der Waals surface area (Å²) in [6, 6.07) is 1.83. The van der Waals surface area contributed by atoms with E-state index in [-0.39, 0.29) is 11.6 Å². The van der Waals surface area contributed by atoms with Gasteiger partial charge in [0.25, 0.3) is 5.56 Å². The van der Waals surface area contributed by atoms with Crippen LogP contribution < -0.4 is 10.9 Å². The topological polar surface area (TPSA) is 61.0 Å². The van der Waals surface area contributed by atoms with Crippen LogP contribution in [0.1, 0.15) is 45.4 Å². The van der Waals surface area contributed by atoms with Gasteiger partial charge in [0.15, 0.2) is 0 Å². The van der Waals surface area contributed by atoms with Crippen molar-refractivity contribution in [3.63, 3.8) is 0 Å². The van der Waals surface area contributed by atoms with Gasteiger partial charge in [0.05, 0.1) is 0 Å². The molecule has 1 unspecified atom stereocenters. The lowest BCUT2D eigenvalue weighted by Crippen LogP contribution is -2.35. The fourth-order valence-electron chi connectivity index (χ4n) is 2.27. The van der Waals surface area contributed by atoms with E-state index >= 15 is 0 Å². The Morgan fingerprint density at radius 2 is 2.16 bits per heavy atom. The van der Waals surface area contributed by atoms with Crippen molar-refractivity contribution < 1.29 is 0 Å². The Morgan fingerprint density at radius 1 is 1.47 bits per heavy atom. The maximum atomic E-state index is 11.6. The average molecular weight is 264 g/mol. The molecule has 1 aliphatic carbocycles. The molecule has 1 heterocycles. The molecule has 1 fully saturated rings. The van der Waals surface area contributed by atoms with Crippen LogP contribution in [0.3, 0.4) is 0 Å². The van der Waals surface area contributed by atoms with E-state index in [0.29, 0.717) is 11.7 Å². The molecule has 0 aliphatic heterocycles. The van der Waals surface area contributed by atoms with Crippen molar-refractivity contribution in [3.8, 4) is 0 Å². The summed E-state index contributed by atoms with van der Waals surface area (Å²) in [5.41, 5.74) is -0.0607. The van der Waals surface area contributed by atoms with Crippen molar-refractivity contribution in [1.29, 1.82) is 0 Å². The smallest absolute Gasteiger partial charge is 0.252 e. The Morgan fingerprint density at radius 3 is 2.74 bits per heavy atom. The third-order valence-electron chi connectivity index (χ3n) is 3.54. The molecule has 19 heavy (non-hydrogen) atoms. The number of hydrogen-bond donors (Lipinski definition) is 2. The summed E-state index contributed by atoms with van der Waals surface area (Å²) in [5, 5.41) is 3.33. The van der Waals surface area contributed by atoms with Crippen molar-refractivity contribution in [1.82, 2.24) is 14.9 Å². The molecular formula is C14H24N4O. The predicted octanol–water partition coefficient (Wildman–Crippen LogP) is 1.79. The van der Waals surface area contributed by atoms with E-state index in [1.165, 1.54) is 0 Å². The van der Waals surface area contributed by atoms with E-state index in [1.807, 2.05) is 0 Å². The lowest BCUT2D eigenvalue weighted by atomic mass is 10.3. The lowest BCUT2D eigenvalue weighted by molar-refractivity contribution is 0.294. The Balaban J connectivity index is 1.99. The van der Waals surface area contributed by atoms with E-state index in [4.69, 9.17) is 0 Å². The van der Waals surface area contributed by atoms with Gasteiger partial charge in [-0.2, -0.15) is 0 Å². The SMILES string of the molecule is CCN(CC)CC(C)Nc1cc(=O)[nH]c(C2CC2)n1. The zero-order valence-electron chi connectivity index (χ0n) is 12.1. The van der Waals surface area contributed by atoms with Crippen molar-refractivity contribution >= 4 is 5.82 Å². The minimum absolute atomic E-state index is 0.0607. The van der Waals surface area contributed by atoms with Crippen LogP contribution in [0.5, 0.6) is 0 Å². The highest BCUT2D eigenvalue weighted by atomic mass is 16.1. The van der Waals surface area contributed by atoms with Crippen molar-refractivity contribution in [2.75, 3.05) is 25.0 Å². The van der Waals surface area contributed by atoms with Gasteiger partial charge >= 0.3 is 0 Å². The highest BCUT2D eigenvalue weighted by Crippen LogP contribution is 2.37. The highest BCUT2D eigenvalue weighted by Gasteiger charge is 2.26. The average Bonchev–Trinajstić information content (AvgIpc) is 3.19. The molecule has 1 aromatic rings. The molecule has 5 heteroatoms. The molecule has 0 radical (unpaired) electrons. The maximum absolute atomic E-state index is 11.6. The number of rotatable bonds is 7. The van der Waals surface area contributed by atoms with Gasteiger partial charge in [-0.1, -0.05) is 13.8 Å². The van der Waals surface area contributed by atoms with Gasteiger partial charge in [-0.05, 0) is 32.9 Å². The second kappa shape index (κ2) is 6.19. The molecule has 0 spiro atoms. The number of nitrogens with one attached hydrogen (secondary N) is 2. The van der Waals surface area contributed by atoms with Crippen LogP contribution >= 0.6 is 0 Å². The molecule has 2 N–H and O–H groups in total.